The Morgan fingerprint density at radius 3 is 2.68 bits per heavy atom. The van der Waals surface area contributed by atoms with E-state index >= 15 is 0 Å². The van der Waals surface area contributed by atoms with Crippen molar-refractivity contribution in [3.05, 3.63) is 49.9 Å². The predicted octanol–water partition coefficient (Wildman–Crippen LogP) is 4.54. The first-order valence-corrected chi connectivity index (χ1v) is 10.8. The molecule has 0 spiro atoms. The van der Waals surface area contributed by atoms with E-state index in [2.05, 4.69) is 16.0 Å². The summed E-state index contributed by atoms with van der Waals surface area (Å²) in [6.45, 7) is 4.19. The lowest BCUT2D eigenvalue weighted by Crippen LogP contribution is -2.48. The summed E-state index contributed by atoms with van der Waals surface area (Å²) in [5.41, 5.74) is 0. The molecule has 1 fully saturated rings. The number of thiophene rings is 2. The maximum absolute atomic E-state index is 12.7. The molecule has 3 aromatic heterocycles. The highest BCUT2D eigenvalue weighted by atomic mass is 35.5. The zero-order valence-corrected chi connectivity index (χ0v) is 16.6. The van der Waals surface area contributed by atoms with Crippen LogP contribution in [0.25, 0.3) is 9.88 Å². The number of piperazine rings is 1. The predicted molar refractivity (Wildman–Crippen MR) is 106 cm³/mol. The van der Waals surface area contributed by atoms with Gasteiger partial charge in [0.25, 0.3) is 5.91 Å². The highest BCUT2D eigenvalue weighted by molar-refractivity contribution is 7.22. The van der Waals surface area contributed by atoms with Crippen LogP contribution in [0.3, 0.4) is 0 Å². The average Bonchev–Trinajstić information content (AvgIpc) is 3.36. The van der Waals surface area contributed by atoms with Crippen LogP contribution in [0.4, 0.5) is 0 Å². The van der Waals surface area contributed by atoms with Crippen molar-refractivity contribution in [2.24, 2.45) is 0 Å². The van der Waals surface area contributed by atoms with Gasteiger partial charge in [0.15, 0.2) is 0 Å². The number of hydrogen-bond acceptors (Lipinski definition) is 6. The third-order valence-electron chi connectivity index (χ3n) is 4.12. The number of carbonyl (C=O) groups excluding carboxylic acids is 1. The molecule has 4 rings (SSSR count). The zero-order chi connectivity index (χ0) is 17.2. The summed E-state index contributed by atoms with van der Waals surface area (Å²) in [5.74, 6) is 0.0964. The van der Waals surface area contributed by atoms with Gasteiger partial charge in [0.1, 0.15) is 9.88 Å². The molecule has 0 radical (unpaired) electrons. The monoisotopic (exact) mass is 409 g/mol. The second kappa shape index (κ2) is 7.55. The first-order chi connectivity index (χ1) is 12.2. The van der Waals surface area contributed by atoms with Crippen molar-refractivity contribution in [3.63, 3.8) is 0 Å². The van der Waals surface area contributed by atoms with E-state index < -0.39 is 0 Å². The van der Waals surface area contributed by atoms with Gasteiger partial charge in [-0.05, 0) is 23.6 Å². The first-order valence-electron chi connectivity index (χ1n) is 7.94. The number of thiazole rings is 1. The van der Waals surface area contributed by atoms with Crippen molar-refractivity contribution in [1.82, 2.24) is 14.8 Å². The highest BCUT2D eigenvalue weighted by Crippen LogP contribution is 2.29. The molecule has 4 heterocycles. The number of aromatic nitrogens is 1. The molecular formula is C17H16ClN3OS3. The number of nitrogens with zero attached hydrogens (tertiary/aromatic N) is 3. The normalized spacial score (nSPS) is 15.6. The molecule has 0 saturated carbocycles. The van der Waals surface area contributed by atoms with Crippen LogP contribution < -0.4 is 0 Å². The second-order valence-corrected chi connectivity index (χ2v) is 9.56. The summed E-state index contributed by atoms with van der Waals surface area (Å²) >= 11 is 10.7. The second-order valence-electron chi connectivity index (χ2n) is 5.78. The van der Waals surface area contributed by atoms with Crippen molar-refractivity contribution >= 4 is 51.5 Å². The molecule has 25 heavy (non-hydrogen) atoms. The molecule has 0 aliphatic carbocycles. The SMILES string of the molecule is O=C(c1cnc(-c2cccs2)s1)N1CCN(Cc2ccc(Cl)s2)CC1. The number of rotatable bonds is 4. The third kappa shape index (κ3) is 3.96. The molecule has 8 heteroatoms. The van der Waals surface area contributed by atoms with Crippen LogP contribution in [0.2, 0.25) is 4.34 Å². The molecule has 0 atom stereocenters. The summed E-state index contributed by atoms with van der Waals surface area (Å²) in [5, 5.41) is 2.95. The quantitative estimate of drug-likeness (QED) is 0.634. The van der Waals surface area contributed by atoms with Crippen LogP contribution in [0.1, 0.15) is 14.5 Å². The van der Waals surface area contributed by atoms with Gasteiger partial charge < -0.3 is 4.90 Å². The lowest BCUT2D eigenvalue weighted by molar-refractivity contribution is 0.0634. The lowest BCUT2D eigenvalue weighted by Gasteiger charge is -2.34. The van der Waals surface area contributed by atoms with Gasteiger partial charge in [0, 0.05) is 37.6 Å². The number of halogens is 1. The van der Waals surface area contributed by atoms with Crippen LogP contribution in [0, 0.1) is 0 Å². The topological polar surface area (TPSA) is 36.4 Å². The Kier molecular flexibility index (Phi) is 5.19. The standard InChI is InChI=1S/C17H16ClN3OS3/c18-15-4-3-12(24-15)11-20-5-7-21(8-6-20)17(22)14-10-19-16(25-14)13-2-1-9-23-13/h1-4,9-10H,5-8,11H2. The zero-order valence-electron chi connectivity index (χ0n) is 13.4. The molecule has 3 aromatic rings. The Balaban J connectivity index is 1.35. The Hall–Kier alpha value is -1.25. The van der Waals surface area contributed by atoms with Crippen molar-refractivity contribution in [3.8, 4) is 9.88 Å². The minimum Gasteiger partial charge on any atom is -0.335 e. The maximum Gasteiger partial charge on any atom is 0.265 e. The molecule has 1 aliphatic heterocycles. The van der Waals surface area contributed by atoms with Crippen LogP contribution in [0.15, 0.2) is 35.8 Å². The molecule has 0 N–H and O–H groups in total. The minimum atomic E-state index is 0.0964. The maximum atomic E-state index is 12.7. The number of hydrogen-bond donors (Lipinski definition) is 0. The van der Waals surface area contributed by atoms with Gasteiger partial charge in [0.05, 0.1) is 15.4 Å². The highest BCUT2D eigenvalue weighted by Gasteiger charge is 2.24. The summed E-state index contributed by atoms with van der Waals surface area (Å²) in [6.07, 6.45) is 1.71. The minimum absolute atomic E-state index is 0.0964. The Bertz CT molecular complexity index is 850. The fourth-order valence-corrected chi connectivity index (χ4v) is 5.63. The fraction of sp³-hybridized carbons (Fsp3) is 0.294. The fourth-order valence-electron chi connectivity index (χ4n) is 2.81. The van der Waals surface area contributed by atoms with E-state index in [4.69, 9.17) is 11.6 Å². The van der Waals surface area contributed by atoms with Crippen molar-refractivity contribution < 1.29 is 4.79 Å². The first kappa shape index (κ1) is 17.2. The van der Waals surface area contributed by atoms with Crippen molar-refractivity contribution in [2.75, 3.05) is 26.2 Å². The molecular weight excluding hydrogens is 394 g/mol. The molecule has 1 saturated heterocycles. The Morgan fingerprint density at radius 2 is 2.00 bits per heavy atom. The number of carbonyl (C=O) groups is 1. The van der Waals surface area contributed by atoms with Gasteiger partial charge in [-0.15, -0.1) is 34.0 Å². The average molecular weight is 410 g/mol. The summed E-state index contributed by atoms with van der Waals surface area (Å²) in [7, 11) is 0. The van der Waals surface area contributed by atoms with Crippen LogP contribution >= 0.6 is 45.6 Å². The van der Waals surface area contributed by atoms with Gasteiger partial charge in [0.2, 0.25) is 0 Å². The van der Waals surface area contributed by atoms with Gasteiger partial charge in [-0.25, -0.2) is 4.98 Å². The van der Waals surface area contributed by atoms with E-state index in [1.54, 1.807) is 28.9 Å². The molecule has 130 valence electrons. The smallest absolute Gasteiger partial charge is 0.265 e. The van der Waals surface area contributed by atoms with Crippen LogP contribution in [-0.4, -0.2) is 46.9 Å². The Labute approximate surface area is 163 Å². The summed E-state index contributed by atoms with van der Waals surface area (Å²) in [6, 6.07) is 8.06. The van der Waals surface area contributed by atoms with Crippen LogP contribution in [-0.2, 0) is 6.54 Å². The third-order valence-corrected chi connectivity index (χ3v) is 7.36. The molecule has 1 amide bonds. The number of amides is 1. The Morgan fingerprint density at radius 1 is 1.16 bits per heavy atom. The van der Waals surface area contributed by atoms with Gasteiger partial charge in [-0.3, -0.25) is 9.69 Å². The van der Waals surface area contributed by atoms with E-state index in [1.807, 2.05) is 28.5 Å². The van der Waals surface area contributed by atoms with Crippen molar-refractivity contribution in [1.29, 1.82) is 0 Å². The van der Waals surface area contributed by atoms with E-state index in [1.165, 1.54) is 16.2 Å². The molecule has 1 aliphatic rings. The van der Waals surface area contributed by atoms with E-state index in [-0.39, 0.29) is 5.91 Å². The van der Waals surface area contributed by atoms with Gasteiger partial charge in [-0.1, -0.05) is 17.7 Å². The summed E-state index contributed by atoms with van der Waals surface area (Å²) < 4.78 is 0.829. The van der Waals surface area contributed by atoms with Crippen molar-refractivity contribution in [2.45, 2.75) is 6.54 Å². The van der Waals surface area contributed by atoms with E-state index in [0.29, 0.717) is 0 Å². The van der Waals surface area contributed by atoms with E-state index in [0.717, 1.165) is 51.8 Å². The molecule has 0 bridgehead atoms. The van der Waals surface area contributed by atoms with E-state index in [9.17, 15) is 4.79 Å². The van der Waals surface area contributed by atoms with Gasteiger partial charge in [-0.2, -0.15) is 0 Å². The molecule has 0 unspecified atom stereocenters. The van der Waals surface area contributed by atoms with Gasteiger partial charge >= 0.3 is 0 Å². The lowest BCUT2D eigenvalue weighted by atomic mass is 10.3. The molecule has 4 nitrogen and oxygen atoms in total. The van der Waals surface area contributed by atoms with Crippen LogP contribution in [0.5, 0.6) is 0 Å². The molecule has 0 aromatic carbocycles. The summed E-state index contributed by atoms with van der Waals surface area (Å²) in [4.78, 5) is 24.5. The largest absolute Gasteiger partial charge is 0.335 e.